The predicted molar refractivity (Wildman–Crippen MR) is 94.3 cm³/mol. The van der Waals surface area contributed by atoms with E-state index in [1.165, 1.54) is 13.2 Å². The summed E-state index contributed by atoms with van der Waals surface area (Å²) in [6, 6.07) is 10.8. The summed E-state index contributed by atoms with van der Waals surface area (Å²) in [5.74, 6) is 0.552. The van der Waals surface area contributed by atoms with E-state index in [2.05, 4.69) is 9.97 Å². The highest BCUT2D eigenvalue weighted by Gasteiger charge is 2.29. The number of piperazine rings is 1. The number of H-pyrrole nitrogens is 1. The number of carbonyl (C=O) groups is 1. The molecule has 0 spiro atoms. The lowest BCUT2D eigenvalue weighted by atomic mass is 10.1. The predicted octanol–water partition coefficient (Wildman–Crippen LogP) is 0.388. The Hall–Kier alpha value is -2.87. The Morgan fingerprint density at radius 3 is 2.52 bits per heavy atom. The number of nitrogens with zero attached hydrogens (tertiary/aromatic N) is 3. The summed E-state index contributed by atoms with van der Waals surface area (Å²) in [4.78, 5) is 34.6. The van der Waals surface area contributed by atoms with Crippen molar-refractivity contribution < 1.29 is 9.53 Å². The van der Waals surface area contributed by atoms with Crippen molar-refractivity contribution in [1.82, 2.24) is 14.9 Å². The molecule has 8 nitrogen and oxygen atoms in total. The number of nitrogen functional groups attached to an aromatic ring is 1. The minimum atomic E-state index is -0.610. The molecular weight excluding hydrogens is 322 g/mol. The molecule has 8 heteroatoms. The summed E-state index contributed by atoms with van der Waals surface area (Å²) in [6.45, 7) is 2.21. The molecule has 0 radical (unpaired) electrons. The molecule has 1 saturated heterocycles. The van der Waals surface area contributed by atoms with Crippen molar-refractivity contribution >= 4 is 17.7 Å². The molecule has 0 bridgehead atoms. The van der Waals surface area contributed by atoms with Crippen LogP contribution in [0.25, 0.3) is 0 Å². The fraction of sp³-hybridized carbons (Fsp3) is 0.353. The smallest absolute Gasteiger partial charge is 0.256 e. The Balaban J connectivity index is 1.67. The van der Waals surface area contributed by atoms with Crippen LogP contribution < -0.4 is 16.2 Å². The fourth-order valence-corrected chi connectivity index (χ4v) is 2.95. The Morgan fingerprint density at radius 1 is 1.24 bits per heavy atom. The van der Waals surface area contributed by atoms with Crippen molar-refractivity contribution in [2.24, 2.45) is 0 Å². The highest BCUT2D eigenvalue weighted by molar-refractivity contribution is 5.82. The first-order chi connectivity index (χ1) is 12.1. The van der Waals surface area contributed by atoms with E-state index in [-0.39, 0.29) is 17.4 Å². The molecule has 0 aliphatic carbocycles. The second-order valence-corrected chi connectivity index (χ2v) is 5.83. The van der Waals surface area contributed by atoms with Gasteiger partial charge in [0.15, 0.2) is 6.10 Å². The van der Waals surface area contributed by atoms with E-state index in [1.54, 1.807) is 4.90 Å². The molecule has 1 aromatic heterocycles. The molecule has 0 unspecified atom stereocenters. The largest absolute Gasteiger partial charge is 0.369 e. The molecule has 2 aromatic rings. The number of nitrogens with two attached hydrogens (primary N) is 1. The molecule has 2 heterocycles. The number of nitrogens with one attached hydrogen (secondary N) is 1. The van der Waals surface area contributed by atoms with Crippen LogP contribution in [0.5, 0.6) is 0 Å². The second-order valence-electron chi connectivity index (χ2n) is 5.83. The van der Waals surface area contributed by atoms with E-state index >= 15 is 0 Å². The summed E-state index contributed by atoms with van der Waals surface area (Å²) in [5.41, 5.74) is 6.14. The number of aromatic nitrogens is 2. The van der Waals surface area contributed by atoms with Gasteiger partial charge in [-0.15, -0.1) is 0 Å². The fourth-order valence-electron chi connectivity index (χ4n) is 2.95. The standard InChI is InChI=1S/C17H21N5O3/c1-25-15(12-5-3-2-4-6-12)16(24)22-9-7-21(8-10-22)13-11-14(23)20-17(18)19-13/h2-6,11,15H,7-10H2,1H3,(H3,18,19,20,23)/t15-/m0/s1. The number of rotatable bonds is 4. The zero-order valence-electron chi connectivity index (χ0n) is 14.0. The number of aromatic amines is 1. The molecule has 1 fully saturated rings. The van der Waals surface area contributed by atoms with Gasteiger partial charge in [-0.25, -0.2) is 0 Å². The monoisotopic (exact) mass is 343 g/mol. The Labute approximate surface area is 145 Å². The quantitative estimate of drug-likeness (QED) is 0.832. The van der Waals surface area contributed by atoms with Crippen LogP contribution in [0.15, 0.2) is 41.2 Å². The van der Waals surface area contributed by atoms with Crippen molar-refractivity contribution in [1.29, 1.82) is 0 Å². The van der Waals surface area contributed by atoms with Crippen molar-refractivity contribution in [2.45, 2.75) is 6.10 Å². The zero-order chi connectivity index (χ0) is 17.8. The number of hydrogen-bond donors (Lipinski definition) is 2. The highest BCUT2D eigenvalue weighted by atomic mass is 16.5. The van der Waals surface area contributed by atoms with Gasteiger partial charge in [-0.05, 0) is 5.56 Å². The SMILES string of the molecule is CO[C@H](C(=O)N1CCN(c2cc(=O)[nH]c(N)n2)CC1)c1ccccc1. The van der Waals surface area contributed by atoms with Gasteiger partial charge in [0.05, 0.1) is 0 Å². The van der Waals surface area contributed by atoms with Gasteiger partial charge in [0, 0.05) is 39.4 Å². The van der Waals surface area contributed by atoms with Gasteiger partial charge in [0.25, 0.3) is 11.5 Å². The van der Waals surface area contributed by atoms with Crippen molar-refractivity contribution in [3.63, 3.8) is 0 Å². The summed E-state index contributed by atoms with van der Waals surface area (Å²) < 4.78 is 5.42. The Bertz CT molecular complexity index is 784. The number of hydrogen-bond acceptors (Lipinski definition) is 6. The van der Waals surface area contributed by atoms with Gasteiger partial charge in [-0.3, -0.25) is 14.6 Å². The molecule has 1 atom stereocenters. The number of carbonyl (C=O) groups excluding carboxylic acids is 1. The third-order valence-electron chi connectivity index (χ3n) is 4.22. The molecule has 1 aliphatic rings. The molecule has 3 rings (SSSR count). The maximum Gasteiger partial charge on any atom is 0.256 e. The average Bonchev–Trinajstić information content (AvgIpc) is 2.62. The number of anilines is 2. The Morgan fingerprint density at radius 2 is 1.92 bits per heavy atom. The number of amides is 1. The molecular formula is C17H21N5O3. The van der Waals surface area contributed by atoms with Gasteiger partial charge < -0.3 is 20.3 Å². The first-order valence-corrected chi connectivity index (χ1v) is 8.07. The summed E-state index contributed by atoms with van der Waals surface area (Å²) >= 11 is 0. The lowest BCUT2D eigenvalue weighted by Crippen LogP contribution is -2.50. The van der Waals surface area contributed by atoms with Crippen molar-refractivity contribution in [3.05, 3.63) is 52.3 Å². The van der Waals surface area contributed by atoms with Crippen LogP contribution in [-0.2, 0) is 9.53 Å². The van der Waals surface area contributed by atoms with Crippen LogP contribution in [0.2, 0.25) is 0 Å². The number of benzene rings is 1. The maximum absolute atomic E-state index is 12.8. The summed E-state index contributed by atoms with van der Waals surface area (Å²) in [5, 5.41) is 0. The second kappa shape index (κ2) is 7.35. The van der Waals surface area contributed by atoms with Gasteiger partial charge in [-0.2, -0.15) is 4.98 Å². The third kappa shape index (κ3) is 3.80. The van der Waals surface area contributed by atoms with Gasteiger partial charge in [0.2, 0.25) is 5.95 Å². The minimum absolute atomic E-state index is 0.0632. The highest BCUT2D eigenvalue weighted by Crippen LogP contribution is 2.21. The minimum Gasteiger partial charge on any atom is -0.369 e. The molecule has 25 heavy (non-hydrogen) atoms. The lowest BCUT2D eigenvalue weighted by Gasteiger charge is -2.36. The van der Waals surface area contributed by atoms with E-state index in [1.807, 2.05) is 35.2 Å². The third-order valence-corrected chi connectivity index (χ3v) is 4.22. The van der Waals surface area contributed by atoms with Crippen LogP contribution >= 0.6 is 0 Å². The molecule has 1 amide bonds. The molecule has 0 saturated carbocycles. The van der Waals surface area contributed by atoms with E-state index in [0.717, 1.165) is 5.56 Å². The van der Waals surface area contributed by atoms with Gasteiger partial charge in [0.1, 0.15) is 5.82 Å². The summed E-state index contributed by atoms with van der Waals surface area (Å²) in [6.07, 6.45) is -0.610. The molecule has 3 N–H and O–H groups in total. The molecule has 1 aliphatic heterocycles. The van der Waals surface area contributed by atoms with Crippen LogP contribution in [-0.4, -0.2) is 54.1 Å². The first-order valence-electron chi connectivity index (χ1n) is 8.07. The maximum atomic E-state index is 12.8. The van der Waals surface area contributed by atoms with Crippen LogP contribution in [0, 0.1) is 0 Å². The van der Waals surface area contributed by atoms with E-state index in [4.69, 9.17) is 10.5 Å². The average molecular weight is 343 g/mol. The van der Waals surface area contributed by atoms with E-state index in [9.17, 15) is 9.59 Å². The zero-order valence-corrected chi connectivity index (χ0v) is 14.0. The van der Waals surface area contributed by atoms with Crippen LogP contribution in [0.3, 0.4) is 0 Å². The van der Waals surface area contributed by atoms with E-state index < -0.39 is 6.10 Å². The first kappa shape index (κ1) is 17.0. The lowest BCUT2D eigenvalue weighted by molar-refractivity contribution is -0.142. The normalized spacial score (nSPS) is 15.9. The topological polar surface area (TPSA) is 105 Å². The Kier molecular flexibility index (Phi) is 4.99. The van der Waals surface area contributed by atoms with Crippen molar-refractivity contribution in [2.75, 3.05) is 43.9 Å². The van der Waals surface area contributed by atoms with Gasteiger partial charge >= 0.3 is 0 Å². The van der Waals surface area contributed by atoms with Crippen LogP contribution in [0.4, 0.5) is 11.8 Å². The summed E-state index contributed by atoms with van der Waals surface area (Å²) in [7, 11) is 1.54. The number of ether oxygens (including phenoxy) is 1. The van der Waals surface area contributed by atoms with Crippen molar-refractivity contribution in [3.8, 4) is 0 Å². The van der Waals surface area contributed by atoms with Crippen LogP contribution in [0.1, 0.15) is 11.7 Å². The number of methoxy groups -OCH3 is 1. The molecule has 1 aromatic carbocycles. The van der Waals surface area contributed by atoms with Gasteiger partial charge in [-0.1, -0.05) is 30.3 Å². The van der Waals surface area contributed by atoms with E-state index in [0.29, 0.717) is 32.0 Å². The molecule has 132 valence electrons.